The highest BCUT2D eigenvalue weighted by atomic mass is 35.6. The molecule has 1 aromatic rings. The number of amides is 1. The summed E-state index contributed by atoms with van der Waals surface area (Å²) in [6.07, 6.45) is 3.16. The predicted molar refractivity (Wildman–Crippen MR) is 79.6 cm³/mol. The van der Waals surface area contributed by atoms with E-state index in [0.29, 0.717) is 5.16 Å². The van der Waals surface area contributed by atoms with Gasteiger partial charge >= 0.3 is 0 Å². The molecular weight excluding hydrogens is 329 g/mol. The lowest BCUT2D eigenvalue weighted by atomic mass is 9.96. The van der Waals surface area contributed by atoms with E-state index in [0.717, 1.165) is 11.8 Å². The maximum Gasteiger partial charge on any atom is 0.226 e. The van der Waals surface area contributed by atoms with E-state index in [1.54, 1.807) is 39.2 Å². The first-order valence-corrected chi connectivity index (χ1v) is 7.43. The van der Waals surface area contributed by atoms with Crippen molar-refractivity contribution in [2.45, 2.75) is 35.1 Å². The Labute approximate surface area is 131 Å². The maximum absolute atomic E-state index is 12.0. The standard InChI is InChI=1S/C11H14Cl3N3OS/c1-10(2,3)7(18)17-8(11(12,13)14)19-9-15-5-4-6-16-9/h4-6,8H,1-3H3,(H,17,18)/t8-/m1/s1. The Balaban J connectivity index is 2.83. The Kier molecular flexibility index (Phi) is 5.74. The number of carbonyl (C=O) groups excluding carboxylic acids is 1. The molecule has 0 saturated carbocycles. The molecular formula is C11H14Cl3N3OS. The van der Waals surface area contributed by atoms with Crippen LogP contribution < -0.4 is 5.32 Å². The number of hydrogen-bond donors (Lipinski definition) is 1. The van der Waals surface area contributed by atoms with Gasteiger partial charge in [-0.25, -0.2) is 9.97 Å². The molecule has 8 heteroatoms. The molecule has 0 aliphatic rings. The van der Waals surface area contributed by atoms with E-state index in [1.807, 2.05) is 0 Å². The van der Waals surface area contributed by atoms with Crippen LogP contribution in [0.2, 0.25) is 0 Å². The topological polar surface area (TPSA) is 54.9 Å². The van der Waals surface area contributed by atoms with Gasteiger partial charge in [-0.05, 0) is 6.07 Å². The molecule has 1 aromatic heterocycles. The van der Waals surface area contributed by atoms with Crippen LogP contribution in [0.5, 0.6) is 0 Å². The Morgan fingerprint density at radius 1 is 1.26 bits per heavy atom. The lowest BCUT2D eigenvalue weighted by molar-refractivity contribution is -0.128. The van der Waals surface area contributed by atoms with Crippen LogP contribution in [-0.2, 0) is 4.79 Å². The summed E-state index contributed by atoms with van der Waals surface area (Å²) >= 11 is 18.7. The first-order valence-electron chi connectivity index (χ1n) is 5.42. The third-order valence-electron chi connectivity index (χ3n) is 2.01. The minimum absolute atomic E-state index is 0.216. The van der Waals surface area contributed by atoms with Crippen LogP contribution in [-0.4, -0.2) is 25.0 Å². The van der Waals surface area contributed by atoms with E-state index in [1.165, 1.54) is 0 Å². The molecule has 0 aliphatic carbocycles. The summed E-state index contributed by atoms with van der Waals surface area (Å²) in [5.74, 6) is -0.216. The van der Waals surface area contributed by atoms with E-state index in [-0.39, 0.29) is 5.91 Å². The molecule has 4 nitrogen and oxygen atoms in total. The molecule has 1 atom stereocenters. The number of nitrogens with zero attached hydrogens (tertiary/aromatic N) is 2. The number of halogens is 3. The van der Waals surface area contributed by atoms with Crippen LogP contribution in [0.3, 0.4) is 0 Å². The molecule has 106 valence electrons. The summed E-state index contributed by atoms with van der Waals surface area (Å²) in [6.45, 7) is 5.34. The molecule has 19 heavy (non-hydrogen) atoms. The van der Waals surface area contributed by atoms with E-state index in [4.69, 9.17) is 34.8 Å². The van der Waals surface area contributed by atoms with Crippen molar-refractivity contribution in [2.75, 3.05) is 0 Å². The van der Waals surface area contributed by atoms with Gasteiger partial charge < -0.3 is 5.32 Å². The molecule has 0 aromatic carbocycles. The van der Waals surface area contributed by atoms with Gasteiger partial charge in [-0.2, -0.15) is 0 Å². The van der Waals surface area contributed by atoms with Gasteiger partial charge in [0.05, 0.1) is 0 Å². The minimum atomic E-state index is -1.66. The quantitative estimate of drug-likeness (QED) is 0.396. The van der Waals surface area contributed by atoms with Gasteiger partial charge in [0.1, 0.15) is 5.37 Å². The number of aromatic nitrogens is 2. The lowest BCUT2D eigenvalue weighted by Crippen LogP contribution is -2.46. The van der Waals surface area contributed by atoms with Gasteiger partial charge in [-0.3, -0.25) is 4.79 Å². The van der Waals surface area contributed by atoms with Crippen molar-refractivity contribution < 1.29 is 4.79 Å². The third kappa shape index (κ3) is 5.73. The van der Waals surface area contributed by atoms with Crippen LogP contribution in [0.25, 0.3) is 0 Å². The zero-order chi connectivity index (χ0) is 14.7. The summed E-state index contributed by atoms with van der Waals surface area (Å²) in [5.41, 5.74) is -0.577. The Morgan fingerprint density at radius 2 is 1.79 bits per heavy atom. The van der Waals surface area contributed by atoms with E-state index < -0.39 is 14.6 Å². The van der Waals surface area contributed by atoms with Crippen LogP contribution >= 0.6 is 46.6 Å². The fourth-order valence-corrected chi connectivity index (χ4v) is 2.28. The molecule has 1 amide bonds. The second kappa shape index (κ2) is 6.48. The molecule has 0 bridgehead atoms. The van der Waals surface area contributed by atoms with Crippen LogP contribution in [0.1, 0.15) is 20.8 Å². The van der Waals surface area contributed by atoms with Gasteiger partial charge in [-0.15, -0.1) is 0 Å². The van der Waals surface area contributed by atoms with Gasteiger partial charge in [0.15, 0.2) is 5.16 Å². The third-order valence-corrected chi connectivity index (χ3v) is 4.18. The Hall–Kier alpha value is -0.230. The van der Waals surface area contributed by atoms with E-state index in [9.17, 15) is 4.79 Å². The molecule has 0 aliphatic heterocycles. The number of rotatable bonds is 3. The zero-order valence-electron chi connectivity index (χ0n) is 10.7. The zero-order valence-corrected chi connectivity index (χ0v) is 13.7. The van der Waals surface area contributed by atoms with Crippen molar-refractivity contribution in [3.8, 4) is 0 Å². The predicted octanol–water partition coefficient (Wildman–Crippen LogP) is 3.43. The molecule has 1 rings (SSSR count). The first-order chi connectivity index (χ1) is 8.60. The number of carbonyl (C=O) groups is 1. The molecule has 1 heterocycles. The summed E-state index contributed by atoms with van der Waals surface area (Å²) in [5, 5.41) is 2.35. The number of alkyl halides is 3. The highest BCUT2D eigenvalue weighted by molar-refractivity contribution is 8.00. The highest BCUT2D eigenvalue weighted by Gasteiger charge is 2.37. The average molecular weight is 343 g/mol. The molecule has 0 saturated heterocycles. The molecule has 0 unspecified atom stereocenters. The van der Waals surface area contributed by atoms with Crippen molar-refractivity contribution in [2.24, 2.45) is 5.41 Å². The van der Waals surface area contributed by atoms with E-state index in [2.05, 4.69) is 15.3 Å². The Bertz CT molecular complexity index is 431. The van der Waals surface area contributed by atoms with Crippen molar-refractivity contribution in [1.82, 2.24) is 15.3 Å². The molecule has 0 radical (unpaired) electrons. The molecule has 1 N–H and O–H groups in total. The SMILES string of the molecule is CC(C)(C)C(=O)N[C@H](Sc1ncccn1)C(Cl)(Cl)Cl. The normalized spacial score (nSPS) is 14.0. The van der Waals surface area contributed by atoms with Crippen molar-refractivity contribution in [1.29, 1.82) is 0 Å². The summed E-state index contributed by atoms with van der Waals surface area (Å²) in [6, 6.07) is 1.68. The fraction of sp³-hybridized carbons (Fsp3) is 0.545. The van der Waals surface area contributed by atoms with Gasteiger partial charge in [-0.1, -0.05) is 67.3 Å². The number of hydrogen-bond acceptors (Lipinski definition) is 4. The van der Waals surface area contributed by atoms with Gasteiger partial charge in [0.25, 0.3) is 0 Å². The van der Waals surface area contributed by atoms with Crippen molar-refractivity contribution in [3.63, 3.8) is 0 Å². The molecule has 0 spiro atoms. The first kappa shape index (κ1) is 16.8. The highest BCUT2D eigenvalue weighted by Crippen LogP contribution is 2.38. The van der Waals surface area contributed by atoms with Crippen molar-refractivity contribution in [3.05, 3.63) is 18.5 Å². The largest absolute Gasteiger partial charge is 0.339 e. The smallest absolute Gasteiger partial charge is 0.226 e. The monoisotopic (exact) mass is 341 g/mol. The van der Waals surface area contributed by atoms with Gasteiger partial charge in [0.2, 0.25) is 9.70 Å². The van der Waals surface area contributed by atoms with Crippen LogP contribution in [0, 0.1) is 5.41 Å². The number of thioether (sulfide) groups is 1. The Morgan fingerprint density at radius 3 is 2.21 bits per heavy atom. The van der Waals surface area contributed by atoms with Gasteiger partial charge in [0, 0.05) is 17.8 Å². The maximum atomic E-state index is 12.0. The molecule has 0 fully saturated rings. The van der Waals surface area contributed by atoms with E-state index >= 15 is 0 Å². The second-order valence-electron chi connectivity index (χ2n) is 4.79. The average Bonchev–Trinajstić information content (AvgIpc) is 2.27. The summed E-state index contributed by atoms with van der Waals surface area (Å²) in [4.78, 5) is 20.0. The summed E-state index contributed by atoms with van der Waals surface area (Å²) < 4.78 is -1.66. The lowest BCUT2D eigenvalue weighted by Gasteiger charge is -2.27. The van der Waals surface area contributed by atoms with Crippen LogP contribution in [0.15, 0.2) is 23.6 Å². The fourth-order valence-electron chi connectivity index (χ4n) is 0.965. The second-order valence-corrected chi connectivity index (χ2v) is 8.24. The van der Waals surface area contributed by atoms with Crippen molar-refractivity contribution >= 4 is 52.5 Å². The van der Waals surface area contributed by atoms with Crippen LogP contribution in [0.4, 0.5) is 0 Å². The number of nitrogens with one attached hydrogen (secondary N) is 1. The minimum Gasteiger partial charge on any atom is -0.339 e. The summed E-state index contributed by atoms with van der Waals surface area (Å²) in [7, 11) is 0.